The van der Waals surface area contributed by atoms with Crippen LogP contribution in [0.5, 0.6) is 5.75 Å². The van der Waals surface area contributed by atoms with Gasteiger partial charge in [0, 0.05) is 5.41 Å². The third kappa shape index (κ3) is 2.80. The molecule has 1 saturated carbocycles. The Morgan fingerprint density at radius 2 is 1.83 bits per heavy atom. The fourth-order valence-corrected chi connectivity index (χ4v) is 3.81. The Kier molecular flexibility index (Phi) is 4.25. The molecule has 0 unspecified atom stereocenters. The molecule has 2 atom stereocenters. The van der Waals surface area contributed by atoms with Crippen LogP contribution < -0.4 is 4.74 Å². The largest absolute Gasteiger partial charge is 0.497 e. The van der Waals surface area contributed by atoms with Crippen LogP contribution in [-0.4, -0.2) is 35.6 Å². The Morgan fingerprint density at radius 3 is 2.39 bits per heavy atom. The van der Waals surface area contributed by atoms with E-state index in [9.17, 15) is 10.2 Å². The highest BCUT2D eigenvalue weighted by atomic mass is 16.5. The molecule has 1 aromatic rings. The molecule has 126 valence electrons. The average Bonchev–Trinajstić information content (AvgIpc) is 3.34. The van der Waals surface area contributed by atoms with E-state index in [2.05, 4.69) is 6.92 Å². The van der Waals surface area contributed by atoms with Crippen molar-refractivity contribution >= 4 is 0 Å². The van der Waals surface area contributed by atoms with Gasteiger partial charge in [-0.1, -0.05) is 17.7 Å². The van der Waals surface area contributed by atoms with Gasteiger partial charge in [0.25, 0.3) is 0 Å². The Labute approximate surface area is 137 Å². The predicted octanol–water partition coefficient (Wildman–Crippen LogP) is 2.82. The maximum atomic E-state index is 10.6. The summed E-state index contributed by atoms with van der Waals surface area (Å²) in [6.45, 7) is 4.88. The number of rotatable bonds is 5. The van der Waals surface area contributed by atoms with Crippen molar-refractivity contribution in [2.45, 2.75) is 51.4 Å². The lowest BCUT2D eigenvalue weighted by molar-refractivity contribution is -0.109. The molecule has 0 aliphatic heterocycles. The van der Waals surface area contributed by atoms with Gasteiger partial charge in [0.2, 0.25) is 0 Å². The zero-order chi connectivity index (χ0) is 16.7. The zero-order valence-electron chi connectivity index (χ0n) is 14.1. The molecule has 0 radical (unpaired) electrons. The van der Waals surface area contributed by atoms with Gasteiger partial charge in [-0.15, -0.1) is 0 Å². The molecule has 0 bridgehead atoms. The van der Waals surface area contributed by atoms with Gasteiger partial charge in [0.15, 0.2) is 0 Å². The van der Waals surface area contributed by atoms with Crippen molar-refractivity contribution in [1.82, 2.24) is 0 Å². The molecule has 23 heavy (non-hydrogen) atoms. The fraction of sp³-hybridized carbons (Fsp3) is 0.579. The molecule has 0 aromatic heterocycles. The van der Waals surface area contributed by atoms with Crippen LogP contribution >= 0.6 is 0 Å². The van der Waals surface area contributed by atoms with Crippen LogP contribution in [0.25, 0.3) is 0 Å². The normalized spacial score (nSPS) is 29.0. The van der Waals surface area contributed by atoms with Crippen LogP contribution in [0.3, 0.4) is 0 Å². The zero-order valence-corrected chi connectivity index (χ0v) is 14.1. The fourth-order valence-electron chi connectivity index (χ4n) is 3.81. The topological polar surface area (TPSA) is 58.9 Å². The predicted molar refractivity (Wildman–Crippen MR) is 88.3 cm³/mol. The van der Waals surface area contributed by atoms with E-state index in [-0.39, 0.29) is 5.41 Å². The average molecular weight is 318 g/mol. The van der Waals surface area contributed by atoms with Crippen LogP contribution in [0, 0.1) is 5.41 Å². The summed E-state index contributed by atoms with van der Waals surface area (Å²) in [5, 5.41) is 21.0. The molecule has 1 spiro atoms. The Balaban J connectivity index is 1.64. The summed E-state index contributed by atoms with van der Waals surface area (Å²) in [5.74, 6) is 0.834. The van der Waals surface area contributed by atoms with Gasteiger partial charge in [-0.3, -0.25) is 0 Å². The molecule has 0 heterocycles. The van der Waals surface area contributed by atoms with Crippen LogP contribution in [0.4, 0.5) is 0 Å². The van der Waals surface area contributed by atoms with Gasteiger partial charge in [0.05, 0.1) is 32.0 Å². The monoisotopic (exact) mass is 318 g/mol. The molecule has 2 N–H and O–H groups in total. The highest BCUT2D eigenvalue weighted by Gasteiger charge is 2.62. The highest BCUT2D eigenvalue weighted by Crippen LogP contribution is 2.63. The van der Waals surface area contributed by atoms with Crippen molar-refractivity contribution in [3.63, 3.8) is 0 Å². The highest BCUT2D eigenvalue weighted by molar-refractivity contribution is 5.36. The summed E-state index contributed by atoms with van der Waals surface area (Å²) in [5.41, 5.74) is 2.19. The molecule has 2 aliphatic carbocycles. The Hall–Kier alpha value is -1.36. The number of aliphatic hydroxyl groups is 2. The van der Waals surface area contributed by atoms with Crippen molar-refractivity contribution in [2.24, 2.45) is 5.41 Å². The van der Waals surface area contributed by atoms with Crippen LogP contribution in [0.15, 0.2) is 35.4 Å². The van der Waals surface area contributed by atoms with E-state index in [0.29, 0.717) is 19.6 Å². The van der Waals surface area contributed by atoms with Gasteiger partial charge in [-0.05, 0) is 56.4 Å². The first kappa shape index (κ1) is 16.5. The van der Waals surface area contributed by atoms with Crippen molar-refractivity contribution in [1.29, 1.82) is 0 Å². The van der Waals surface area contributed by atoms with Crippen LogP contribution in [0.2, 0.25) is 0 Å². The third-order valence-corrected chi connectivity index (χ3v) is 5.76. The Bertz CT molecular complexity index is 596. The van der Waals surface area contributed by atoms with Gasteiger partial charge < -0.3 is 19.7 Å². The molecule has 1 aromatic carbocycles. The second-order valence-electron chi connectivity index (χ2n) is 7.02. The molecular weight excluding hydrogens is 292 g/mol. The lowest BCUT2D eigenvalue weighted by Gasteiger charge is -2.43. The van der Waals surface area contributed by atoms with Crippen molar-refractivity contribution < 1.29 is 19.7 Å². The summed E-state index contributed by atoms with van der Waals surface area (Å²) >= 11 is 0. The van der Waals surface area contributed by atoms with E-state index in [4.69, 9.17) is 9.47 Å². The molecule has 0 amide bonds. The summed E-state index contributed by atoms with van der Waals surface area (Å²) in [4.78, 5) is 0. The first-order chi connectivity index (χ1) is 10.9. The van der Waals surface area contributed by atoms with Gasteiger partial charge in [0.1, 0.15) is 5.75 Å². The number of hydrogen-bond acceptors (Lipinski definition) is 4. The third-order valence-electron chi connectivity index (χ3n) is 5.76. The molecule has 0 saturated heterocycles. The van der Waals surface area contributed by atoms with Crippen molar-refractivity contribution in [3.8, 4) is 5.75 Å². The molecule has 4 nitrogen and oxygen atoms in total. The summed E-state index contributed by atoms with van der Waals surface area (Å²) < 4.78 is 11.0. The molecular formula is C19H26O4. The van der Waals surface area contributed by atoms with E-state index < -0.39 is 11.7 Å². The Morgan fingerprint density at radius 1 is 1.17 bits per heavy atom. The van der Waals surface area contributed by atoms with Crippen molar-refractivity contribution in [3.05, 3.63) is 41.0 Å². The maximum absolute atomic E-state index is 10.6. The van der Waals surface area contributed by atoms with Crippen LogP contribution in [-0.2, 0) is 11.3 Å². The lowest BCUT2D eigenvalue weighted by Crippen LogP contribution is -2.51. The van der Waals surface area contributed by atoms with Gasteiger partial charge in [-0.2, -0.15) is 0 Å². The minimum absolute atomic E-state index is 0.233. The number of ether oxygens (including phenoxy) is 2. The van der Waals surface area contributed by atoms with E-state index >= 15 is 0 Å². The second-order valence-corrected chi connectivity index (χ2v) is 7.02. The lowest BCUT2D eigenvalue weighted by atomic mass is 9.69. The minimum Gasteiger partial charge on any atom is -0.497 e. The summed E-state index contributed by atoms with van der Waals surface area (Å²) in [7, 11) is 1.65. The number of aliphatic hydroxyl groups excluding tert-OH is 1. The van der Waals surface area contributed by atoms with E-state index in [1.807, 2.05) is 24.3 Å². The van der Waals surface area contributed by atoms with E-state index in [0.717, 1.165) is 29.7 Å². The van der Waals surface area contributed by atoms with Crippen LogP contribution in [0.1, 0.15) is 38.7 Å². The molecule has 1 fully saturated rings. The summed E-state index contributed by atoms with van der Waals surface area (Å²) in [6, 6.07) is 7.82. The number of hydrogen-bond donors (Lipinski definition) is 2. The SMILES string of the molecule is COc1ccc(COCC2=C(C)C3(CC3)[C@@](C)(O)[C@@H](O)C2)cc1. The van der Waals surface area contributed by atoms with Gasteiger partial charge >= 0.3 is 0 Å². The molecule has 3 rings (SSSR count). The second kappa shape index (κ2) is 5.93. The molecule has 2 aliphatic rings. The first-order valence-electron chi connectivity index (χ1n) is 8.21. The quantitative estimate of drug-likeness (QED) is 0.820. The smallest absolute Gasteiger partial charge is 0.118 e. The number of benzene rings is 1. The maximum Gasteiger partial charge on any atom is 0.118 e. The van der Waals surface area contributed by atoms with Gasteiger partial charge in [-0.25, -0.2) is 0 Å². The minimum atomic E-state index is -1.02. The molecule has 4 heteroatoms. The van der Waals surface area contributed by atoms with E-state index in [1.54, 1.807) is 14.0 Å². The number of methoxy groups -OCH3 is 1. The summed E-state index contributed by atoms with van der Waals surface area (Å²) in [6.07, 6.45) is 1.67. The van der Waals surface area contributed by atoms with Crippen molar-refractivity contribution in [2.75, 3.05) is 13.7 Å². The van der Waals surface area contributed by atoms with E-state index in [1.165, 1.54) is 5.57 Å². The standard InChI is InChI=1S/C19H26O4/c1-13-15(10-17(20)18(2,21)19(13)8-9-19)12-23-11-14-4-6-16(22-3)7-5-14/h4-7,17,20-21H,8-12H2,1-3H3/t17-,18-/m0/s1. The first-order valence-corrected chi connectivity index (χ1v) is 8.21.